The van der Waals surface area contributed by atoms with Crippen molar-refractivity contribution in [1.82, 2.24) is 0 Å². The van der Waals surface area contributed by atoms with Gasteiger partial charge in [-0.3, -0.25) is 9.79 Å². The lowest BCUT2D eigenvalue weighted by Crippen LogP contribution is -1.93. The highest BCUT2D eigenvalue weighted by molar-refractivity contribution is 5.66. The number of unbranched alkanes of at least 4 members (excludes halogenated alkanes) is 5. The maximum Gasteiger partial charge on any atom is 0.303 e. The zero-order valence-corrected chi connectivity index (χ0v) is 9.11. The number of nitrogens with zero attached hydrogens (tertiary/aromatic N) is 1. The smallest absolute Gasteiger partial charge is 0.303 e. The molecule has 3 heteroatoms. The summed E-state index contributed by atoms with van der Waals surface area (Å²) in [6.45, 7) is 3.40. The molecule has 1 N–H and O–H groups in total. The van der Waals surface area contributed by atoms with Gasteiger partial charge in [0, 0.05) is 12.6 Å². The Labute approximate surface area is 91.2 Å². The van der Waals surface area contributed by atoms with Crippen LogP contribution in [0.15, 0.2) is 23.5 Å². The second kappa shape index (κ2) is 10.7. The average molecular weight is 209 g/mol. The molecule has 0 aromatic carbocycles. The first-order chi connectivity index (χ1) is 7.27. The third-order valence-electron chi connectivity index (χ3n) is 2.00. The minimum absolute atomic E-state index is 0.297. The standard InChI is InChI=1S/C12H19NO2/c1-2-10-13-11-8-6-4-3-5-7-9-12(14)15/h10-11H,1,3-9H2,(H,14,15). The molecule has 0 atom stereocenters. The van der Waals surface area contributed by atoms with Crippen LogP contribution in [-0.2, 0) is 4.79 Å². The molecule has 0 aromatic heterocycles. The van der Waals surface area contributed by atoms with Crippen LogP contribution >= 0.6 is 0 Å². The quantitative estimate of drug-likeness (QED) is 0.360. The van der Waals surface area contributed by atoms with Gasteiger partial charge in [0.2, 0.25) is 0 Å². The molecule has 0 aliphatic heterocycles. The Morgan fingerprint density at radius 2 is 1.93 bits per heavy atom. The number of aliphatic carboxylic acids is 1. The molecule has 0 rings (SSSR count). The Balaban J connectivity index is 3.11. The highest BCUT2D eigenvalue weighted by Crippen LogP contribution is 2.06. The second-order valence-electron chi connectivity index (χ2n) is 3.37. The summed E-state index contributed by atoms with van der Waals surface area (Å²) in [5, 5.41) is 8.40. The van der Waals surface area contributed by atoms with Crippen LogP contribution in [0, 0.1) is 0 Å². The first kappa shape index (κ1) is 13.7. The van der Waals surface area contributed by atoms with Crippen molar-refractivity contribution in [3.8, 4) is 0 Å². The van der Waals surface area contributed by atoms with Gasteiger partial charge < -0.3 is 5.11 Å². The Morgan fingerprint density at radius 1 is 1.27 bits per heavy atom. The molecule has 0 radical (unpaired) electrons. The van der Waals surface area contributed by atoms with Crippen molar-refractivity contribution in [3.63, 3.8) is 0 Å². The van der Waals surface area contributed by atoms with E-state index in [4.69, 9.17) is 5.11 Å². The van der Waals surface area contributed by atoms with Crippen LogP contribution in [0.1, 0.15) is 44.9 Å². The van der Waals surface area contributed by atoms with Gasteiger partial charge in [-0.15, -0.1) is 5.73 Å². The van der Waals surface area contributed by atoms with Crippen molar-refractivity contribution in [2.45, 2.75) is 44.9 Å². The molecule has 0 aliphatic carbocycles. The van der Waals surface area contributed by atoms with Crippen molar-refractivity contribution < 1.29 is 9.90 Å². The summed E-state index contributed by atoms with van der Waals surface area (Å²) >= 11 is 0. The minimum Gasteiger partial charge on any atom is -0.481 e. The van der Waals surface area contributed by atoms with Crippen molar-refractivity contribution >= 4 is 12.2 Å². The topological polar surface area (TPSA) is 49.7 Å². The Hall–Kier alpha value is -1.34. The van der Waals surface area contributed by atoms with Crippen LogP contribution in [0.25, 0.3) is 0 Å². The number of hydrogen-bond donors (Lipinski definition) is 1. The van der Waals surface area contributed by atoms with Crippen molar-refractivity contribution in [2.24, 2.45) is 4.99 Å². The summed E-state index contributed by atoms with van der Waals surface area (Å²) in [5.74, 6) is -0.696. The number of carbonyl (C=O) groups is 1. The summed E-state index contributed by atoms with van der Waals surface area (Å²) in [6.07, 6.45) is 9.84. The fraction of sp³-hybridized carbons (Fsp3) is 0.583. The van der Waals surface area contributed by atoms with E-state index < -0.39 is 5.97 Å². The average Bonchev–Trinajstić information content (AvgIpc) is 2.20. The molecule has 0 bridgehead atoms. The first-order valence-electron chi connectivity index (χ1n) is 5.35. The molecule has 0 aromatic rings. The van der Waals surface area contributed by atoms with E-state index in [-0.39, 0.29) is 0 Å². The monoisotopic (exact) mass is 209 g/mol. The molecule has 3 nitrogen and oxygen atoms in total. The molecule has 0 fully saturated rings. The number of hydrogen-bond acceptors (Lipinski definition) is 2. The molecule has 0 aliphatic rings. The SMILES string of the molecule is C=C=CN=CCCCCCCCC(=O)O. The van der Waals surface area contributed by atoms with E-state index in [9.17, 15) is 4.79 Å². The fourth-order valence-corrected chi connectivity index (χ4v) is 1.22. The van der Waals surface area contributed by atoms with Gasteiger partial charge in [-0.25, -0.2) is 0 Å². The first-order valence-corrected chi connectivity index (χ1v) is 5.35. The van der Waals surface area contributed by atoms with Crippen molar-refractivity contribution in [1.29, 1.82) is 0 Å². The molecular weight excluding hydrogens is 190 g/mol. The van der Waals surface area contributed by atoms with Crippen molar-refractivity contribution in [2.75, 3.05) is 0 Å². The van der Waals surface area contributed by atoms with Gasteiger partial charge in [0.15, 0.2) is 0 Å². The predicted molar refractivity (Wildman–Crippen MR) is 62.2 cm³/mol. The number of aliphatic imine (C=N–C) groups is 1. The largest absolute Gasteiger partial charge is 0.481 e. The zero-order chi connectivity index (χ0) is 11.4. The molecule has 0 saturated heterocycles. The van der Waals surface area contributed by atoms with Crippen LogP contribution in [0.5, 0.6) is 0 Å². The molecule has 0 spiro atoms. The lowest BCUT2D eigenvalue weighted by atomic mass is 10.1. The molecule has 0 saturated carbocycles. The maximum absolute atomic E-state index is 10.2. The van der Waals surface area contributed by atoms with Gasteiger partial charge in [-0.2, -0.15) is 0 Å². The number of carboxylic acids is 1. The molecular formula is C12H19NO2. The third kappa shape index (κ3) is 12.7. The van der Waals surface area contributed by atoms with E-state index in [2.05, 4.69) is 17.3 Å². The van der Waals surface area contributed by atoms with Gasteiger partial charge in [-0.1, -0.05) is 25.8 Å². The number of rotatable bonds is 9. The fourth-order valence-electron chi connectivity index (χ4n) is 1.22. The Morgan fingerprint density at radius 3 is 2.60 bits per heavy atom. The van der Waals surface area contributed by atoms with E-state index in [0.29, 0.717) is 6.42 Å². The van der Waals surface area contributed by atoms with Gasteiger partial charge >= 0.3 is 5.97 Å². The Kier molecular flexibility index (Phi) is 9.78. The lowest BCUT2D eigenvalue weighted by molar-refractivity contribution is -0.137. The van der Waals surface area contributed by atoms with Gasteiger partial charge in [-0.05, 0) is 19.3 Å². The molecule has 15 heavy (non-hydrogen) atoms. The normalized spacial score (nSPS) is 10.1. The number of carboxylic acid groups (broad SMARTS) is 1. The van der Waals surface area contributed by atoms with Crippen LogP contribution in [-0.4, -0.2) is 17.3 Å². The van der Waals surface area contributed by atoms with Crippen LogP contribution < -0.4 is 0 Å². The van der Waals surface area contributed by atoms with E-state index in [1.165, 1.54) is 0 Å². The predicted octanol–water partition coefficient (Wildman–Crippen LogP) is 3.17. The molecule has 0 amide bonds. The summed E-state index contributed by atoms with van der Waals surface area (Å²) in [4.78, 5) is 14.1. The summed E-state index contributed by atoms with van der Waals surface area (Å²) < 4.78 is 0. The maximum atomic E-state index is 10.2. The van der Waals surface area contributed by atoms with Crippen molar-refractivity contribution in [3.05, 3.63) is 18.5 Å². The Bertz CT molecular complexity index is 240. The van der Waals surface area contributed by atoms with Crippen LogP contribution in [0.2, 0.25) is 0 Å². The van der Waals surface area contributed by atoms with Crippen LogP contribution in [0.4, 0.5) is 0 Å². The molecule has 0 heterocycles. The third-order valence-corrected chi connectivity index (χ3v) is 2.00. The highest BCUT2D eigenvalue weighted by Gasteiger charge is 1.95. The zero-order valence-electron chi connectivity index (χ0n) is 9.11. The molecule has 84 valence electrons. The molecule has 0 unspecified atom stereocenters. The lowest BCUT2D eigenvalue weighted by Gasteiger charge is -1.97. The van der Waals surface area contributed by atoms with E-state index in [1.54, 1.807) is 6.20 Å². The van der Waals surface area contributed by atoms with Crippen LogP contribution in [0.3, 0.4) is 0 Å². The summed E-state index contributed by atoms with van der Waals surface area (Å²) in [5.41, 5.74) is 2.57. The summed E-state index contributed by atoms with van der Waals surface area (Å²) in [7, 11) is 0. The summed E-state index contributed by atoms with van der Waals surface area (Å²) in [6, 6.07) is 0. The van der Waals surface area contributed by atoms with E-state index >= 15 is 0 Å². The highest BCUT2D eigenvalue weighted by atomic mass is 16.4. The second-order valence-corrected chi connectivity index (χ2v) is 3.37. The van der Waals surface area contributed by atoms with Gasteiger partial charge in [0.1, 0.15) is 0 Å². The van der Waals surface area contributed by atoms with E-state index in [1.807, 2.05) is 6.21 Å². The van der Waals surface area contributed by atoms with Gasteiger partial charge in [0.25, 0.3) is 0 Å². The van der Waals surface area contributed by atoms with Gasteiger partial charge in [0.05, 0.1) is 6.20 Å². The minimum atomic E-state index is -0.696. The van der Waals surface area contributed by atoms with E-state index in [0.717, 1.165) is 38.5 Å².